The van der Waals surface area contributed by atoms with Gasteiger partial charge in [-0.3, -0.25) is 0 Å². The number of nitriles is 2. The van der Waals surface area contributed by atoms with Crippen molar-refractivity contribution < 1.29 is 0 Å². The number of nitrogens with zero attached hydrogens (tertiary/aromatic N) is 3. The van der Waals surface area contributed by atoms with Gasteiger partial charge in [0.2, 0.25) is 0 Å². The SMILES string of the molecule is Cc1ccc(N2c3ccc(-c4ccc(-c5ccc(C=C(C#N)C#N)s5)s4)cc3C3CCCC32)cc1. The number of rotatable bonds is 4. The van der Waals surface area contributed by atoms with Crippen LogP contribution < -0.4 is 4.90 Å². The molecule has 0 bridgehead atoms. The maximum Gasteiger partial charge on any atom is 0.131 e. The van der Waals surface area contributed by atoms with Gasteiger partial charge in [-0.25, -0.2) is 0 Å². The van der Waals surface area contributed by atoms with E-state index in [-0.39, 0.29) is 5.57 Å². The summed E-state index contributed by atoms with van der Waals surface area (Å²) in [6.07, 6.45) is 5.46. The van der Waals surface area contributed by atoms with Crippen LogP contribution in [0, 0.1) is 29.6 Å². The van der Waals surface area contributed by atoms with Crippen molar-refractivity contribution in [2.45, 2.75) is 38.1 Å². The average Bonchev–Trinajstić information content (AvgIpc) is 3.67. The highest BCUT2D eigenvalue weighted by Crippen LogP contribution is 2.53. The third-order valence-electron chi connectivity index (χ3n) is 7.10. The fourth-order valence-corrected chi connectivity index (χ4v) is 7.52. The number of fused-ring (bicyclic) bond motifs is 3. The summed E-state index contributed by atoms with van der Waals surface area (Å²) in [5.74, 6) is 0.604. The maximum absolute atomic E-state index is 9.02. The first-order chi connectivity index (χ1) is 17.1. The Balaban J connectivity index is 1.32. The van der Waals surface area contributed by atoms with E-state index in [4.69, 9.17) is 10.5 Å². The van der Waals surface area contributed by atoms with E-state index in [0.717, 1.165) is 9.75 Å². The second kappa shape index (κ2) is 8.86. The summed E-state index contributed by atoms with van der Waals surface area (Å²) in [5, 5.41) is 18.0. The van der Waals surface area contributed by atoms with E-state index in [2.05, 4.69) is 72.5 Å². The Kier molecular flexibility index (Phi) is 5.53. The van der Waals surface area contributed by atoms with E-state index >= 15 is 0 Å². The predicted octanol–water partition coefficient (Wildman–Crippen LogP) is 8.67. The number of hydrogen-bond donors (Lipinski definition) is 0. The molecule has 6 rings (SSSR count). The van der Waals surface area contributed by atoms with Gasteiger partial charge >= 0.3 is 0 Å². The van der Waals surface area contributed by atoms with Gasteiger partial charge in [-0.15, -0.1) is 22.7 Å². The summed E-state index contributed by atoms with van der Waals surface area (Å²) < 4.78 is 0. The molecular weight excluding hydrogens is 466 g/mol. The predicted molar refractivity (Wildman–Crippen MR) is 146 cm³/mol. The molecule has 2 atom stereocenters. The summed E-state index contributed by atoms with van der Waals surface area (Å²) in [4.78, 5) is 7.14. The van der Waals surface area contributed by atoms with Crippen LogP contribution in [0.3, 0.4) is 0 Å². The Morgan fingerprint density at radius 2 is 1.63 bits per heavy atom. The summed E-state index contributed by atoms with van der Waals surface area (Å²) in [6, 6.07) is 28.8. The van der Waals surface area contributed by atoms with E-state index in [1.165, 1.54) is 57.1 Å². The van der Waals surface area contributed by atoms with Crippen molar-refractivity contribution in [3.05, 3.63) is 88.3 Å². The summed E-state index contributed by atoms with van der Waals surface area (Å²) in [6.45, 7) is 2.14. The number of aryl methyl sites for hydroxylation is 1. The van der Waals surface area contributed by atoms with Crippen LogP contribution in [0.1, 0.15) is 41.2 Å². The molecule has 0 spiro atoms. The standard InChI is InChI=1S/C30H23N3S2/c1-19-5-8-22(9-6-19)33-26-4-2-3-24(26)25-16-21(7-11-27(25)33)28-13-14-30(35-28)29-12-10-23(34-29)15-20(17-31)18-32/h5-16,24,26H,2-4H2,1H3. The molecule has 0 amide bonds. The molecule has 1 saturated carbocycles. The molecular formula is C30H23N3S2. The van der Waals surface area contributed by atoms with Crippen LogP contribution in [0.4, 0.5) is 11.4 Å². The van der Waals surface area contributed by atoms with Crippen molar-refractivity contribution in [3.63, 3.8) is 0 Å². The largest absolute Gasteiger partial charge is 0.338 e. The van der Waals surface area contributed by atoms with Gasteiger partial charge in [-0.1, -0.05) is 30.2 Å². The number of allylic oxidation sites excluding steroid dienone is 1. The lowest BCUT2D eigenvalue weighted by Crippen LogP contribution is -2.26. The Bertz CT molecular complexity index is 1510. The van der Waals surface area contributed by atoms with Gasteiger partial charge in [0.05, 0.1) is 0 Å². The first kappa shape index (κ1) is 21.9. The molecule has 3 heterocycles. The van der Waals surface area contributed by atoms with Gasteiger partial charge in [0, 0.05) is 42.8 Å². The van der Waals surface area contributed by atoms with Gasteiger partial charge in [-0.05, 0) is 85.5 Å². The van der Waals surface area contributed by atoms with E-state index in [9.17, 15) is 0 Å². The number of benzene rings is 2. The van der Waals surface area contributed by atoms with Crippen molar-refractivity contribution in [1.29, 1.82) is 10.5 Å². The number of anilines is 2. The Morgan fingerprint density at radius 3 is 2.43 bits per heavy atom. The quantitative estimate of drug-likeness (QED) is 0.269. The third kappa shape index (κ3) is 3.88. The van der Waals surface area contributed by atoms with Crippen LogP contribution in [0.5, 0.6) is 0 Å². The first-order valence-corrected chi connectivity index (χ1v) is 13.5. The summed E-state index contributed by atoms with van der Waals surface area (Å²) in [7, 11) is 0. The minimum Gasteiger partial charge on any atom is -0.338 e. The molecule has 4 aromatic rings. The molecule has 1 aliphatic carbocycles. The Hall–Kier alpha value is -3.64. The lowest BCUT2D eigenvalue weighted by atomic mass is 9.95. The molecule has 2 aliphatic rings. The monoisotopic (exact) mass is 489 g/mol. The van der Waals surface area contributed by atoms with E-state index < -0.39 is 0 Å². The van der Waals surface area contributed by atoms with Gasteiger partial charge in [0.1, 0.15) is 17.7 Å². The molecule has 0 N–H and O–H groups in total. The molecule has 2 aromatic heterocycles. The van der Waals surface area contributed by atoms with Crippen LogP contribution in [0.2, 0.25) is 0 Å². The summed E-state index contributed by atoms with van der Waals surface area (Å²) >= 11 is 3.41. The van der Waals surface area contributed by atoms with E-state index in [1.54, 1.807) is 28.7 Å². The van der Waals surface area contributed by atoms with Crippen molar-refractivity contribution in [3.8, 4) is 32.3 Å². The zero-order chi connectivity index (χ0) is 23.9. The minimum absolute atomic E-state index is 0.133. The van der Waals surface area contributed by atoms with Gasteiger partial charge in [0.15, 0.2) is 0 Å². The highest BCUT2D eigenvalue weighted by atomic mass is 32.1. The maximum atomic E-state index is 9.02. The van der Waals surface area contributed by atoms with Crippen molar-refractivity contribution in [2.75, 3.05) is 4.90 Å². The lowest BCUT2D eigenvalue weighted by Gasteiger charge is -2.27. The molecule has 2 aromatic carbocycles. The molecule has 0 radical (unpaired) electrons. The molecule has 5 heteroatoms. The Labute approximate surface area is 213 Å². The second-order valence-electron chi connectivity index (χ2n) is 9.23. The fraction of sp³-hybridized carbons (Fsp3) is 0.200. The van der Waals surface area contributed by atoms with Crippen molar-refractivity contribution >= 4 is 40.1 Å². The van der Waals surface area contributed by atoms with E-state index in [1.807, 2.05) is 18.2 Å². The van der Waals surface area contributed by atoms with Crippen LogP contribution in [0.25, 0.3) is 26.3 Å². The van der Waals surface area contributed by atoms with Crippen LogP contribution in [-0.2, 0) is 0 Å². The second-order valence-corrected chi connectivity index (χ2v) is 11.4. The smallest absolute Gasteiger partial charge is 0.131 e. The average molecular weight is 490 g/mol. The highest BCUT2D eigenvalue weighted by molar-refractivity contribution is 7.24. The summed E-state index contributed by atoms with van der Waals surface area (Å²) in [5.41, 5.74) is 6.87. The molecule has 35 heavy (non-hydrogen) atoms. The number of thiophene rings is 2. The molecule has 1 aliphatic heterocycles. The zero-order valence-electron chi connectivity index (χ0n) is 19.4. The number of hydrogen-bond acceptors (Lipinski definition) is 5. The highest BCUT2D eigenvalue weighted by Gasteiger charge is 2.42. The first-order valence-electron chi connectivity index (χ1n) is 11.9. The minimum atomic E-state index is 0.133. The van der Waals surface area contributed by atoms with Gasteiger partial charge < -0.3 is 4.90 Å². The third-order valence-corrected chi connectivity index (χ3v) is 9.46. The van der Waals surface area contributed by atoms with Gasteiger partial charge in [0.25, 0.3) is 0 Å². The molecule has 1 fully saturated rings. The Morgan fingerprint density at radius 1 is 0.886 bits per heavy atom. The molecule has 170 valence electrons. The van der Waals surface area contributed by atoms with Crippen molar-refractivity contribution in [2.24, 2.45) is 0 Å². The topological polar surface area (TPSA) is 50.8 Å². The molecule has 2 unspecified atom stereocenters. The van der Waals surface area contributed by atoms with E-state index in [0.29, 0.717) is 12.0 Å². The van der Waals surface area contributed by atoms with Gasteiger partial charge in [-0.2, -0.15) is 10.5 Å². The lowest BCUT2D eigenvalue weighted by molar-refractivity contribution is 0.642. The fourth-order valence-electron chi connectivity index (χ4n) is 5.47. The molecule has 0 saturated heterocycles. The normalized spacial score (nSPS) is 18.0. The van der Waals surface area contributed by atoms with Crippen molar-refractivity contribution in [1.82, 2.24) is 0 Å². The van der Waals surface area contributed by atoms with Crippen LogP contribution in [0.15, 0.2) is 72.3 Å². The van der Waals surface area contributed by atoms with Crippen LogP contribution in [-0.4, -0.2) is 6.04 Å². The van der Waals surface area contributed by atoms with Crippen LogP contribution >= 0.6 is 22.7 Å². The zero-order valence-corrected chi connectivity index (χ0v) is 21.0. The molecule has 3 nitrogen and oxygen atoms in total.